The Morgan fingerprint density at radius 2 is 0.917 bits per heavy atom. The summed E-state index contributed by atoms with van der Waals surface area (Å²) in [6.45, 7) is 21.2. The van der Waals surface area contributed by atoms with Gasteiger partial charge in [-0.15, -0.1) is 0 Å². The number of ether oxygens (including phenoxy) is 2. The topological polar surface area (TPSA) is 55.8 Å². The maximum absolute atomic E-state index is 13.4. The second-order valence-electron chi connectivity index (χ2n) is 20.1. The van der Waals surface area contributed by atoms with Crippen molar-refractivity contribution in [3.63, 3.8) is 0 Å². The summed E-state index contributed by atoms with van der Waals surface area (Å²) < 4.78 is 12.1. The lowest BCUT2D eigenvalue weighted by Gasteiger charge is -2.27. The lowest BCUT2D eigenvalue weighted by Crippen LogP contribution is -2.31. The molecule has 0 saturated carbocycles. The van der Waals surface area contributed by atoms with Gasteiger partial charge in [0, 0.05) is 6.54 Å². The molecule has 0 aliphatic heterocycles. The normalized spacial score (nSPS) is 12.7. The molecule has 1 aromatic carbocycles. The number of rotatable bonds is 42. The summed E-state index contributed by atoms with van der Waals surface area (Å²) in [6, 6.07) is 10.9. The summed E-state index contributed by atoms with van der Waals surface area (Å²) in [4.78, 5) is 29.1. The van der Waals surface area contributed by atoms with Crippen LogP contribution in [0.2, 0.25) is 0 Å². The van der Waals surface area contributed by atoms with Gasteiger partial charge in [-0.25, -0.2) is 0 Å². The molecule has 0 fully saturated rings. The molecule has 1 atom stereocenters. The van der Waals surface area contributed by atoms with Crippen LogP contribution in [-0.2, 0) is 25.6 Å². The van der Waals surface area contributed by atoms with Gasteiger partial charge in [0.05, 0.1) is 17.4 Å². The number of carbonyl (C=O) groups excluding carboxylic acids is 2. The summed E-state index contributed by atoms with van der Waals surface area (Å²) in [5.41, 5.74) is 0.537. The average Bonchev–Trinajstić information content (AvgIpc) is 3.23. The molecule has 350 valence electrons. The number of hydrogen-bond acceptors (Lipinski definition) is 5. The zero-order valence-corrected chi connectivity index (χ0v) is 41.4. The number of esters is 2. The molecular formula is C55H101NO4. The molecule has 0 radical (unpaired) electrons. The van der Waals surface area contributed by atoms with Gasteiger partial charge < -0.3 is 9.47 Å². The molecule has 60 heavy (non-hydrogen) atoms. The zero-order chi connectivity index (χ0) is 44.2. The van der Waals surface area contributed by atoms with Crippen molar-refractivity contribution in [1.29, 1.82) is 0 Å². The summed E-state index contributed by atoms with van der Waals surface area (Å²) in [7, 11) is 0. The van der Waals surface area contributed by atoms with E-state index >= 15 is 0 Å². The predicted octanol–water partition coefficient (Wildman–Crippen LogP) is 16.8. The van der Waals surface area contributed by atoms with Crippen LogP contribution in [0.25, 0.3) is 0 Å². The van der Waals surface area contributed by atoms with Gasteiger partial charge in [-0.3, -0.25) is 14.5 Å². The molecule has 0 bridgehead atoms. The van der Waals surface area contributed by atoms with E-state index in [0.29, 0.717) is 6.61 Å². The third-order valence-corrected chi connectivity index (χ3v) is 13.1. The Hall–Kier alpha value is -1.88. The first-order valence-corrected chi connectivity index (χ1v) is 26.1. The van der Waals surface area contributed by atoms with Gasteiger partial charge in [-0.2, -0.15) is 0 Å². The first-order valence-electron chi connectivity index (χ1n) is 26.1. The van der Waals surface area contributed by atoms with Gasteiger partial charge in [0.25, 0.3) is 0 Å². The van der Waals surface area contributed by atoms with Crippen molar-refractivity contribution in [3.05, 3.63) is 35.9 Å². The molecule has 0 saturated heterocycles. The van der Waals surface area contributed by atoms with Crippen LogP contribution in [-0.4, -0.2) is 42.6 Å². The van der Waals surface area contributed by atoms with Crippen molar-refractivity contribution >= 4 is 11.9 Å². The monoisotopic (exact) mass is 840 g/mol. The minimum atomic E-state index is -0.427. The molecule has 1 aromatic rings. The molecule has 0 spiro atoms. The lowest BCUT2D eigenvalue weighted by molar-refractivity contribution is -0.161. The maximum atomic E-state index is 13.4. The Labute approximate surface area is 374 Å². The summed E-state index contributed by atoms with van der Waals surface area (Å²) in [5.74, 6) is 0.786. The van der Waals surface area contributed by atoms with E-state index in [1.807, 2.05) is 0 Å². The van der Waals surface area contributed by atoms with Gasteiger partial charge in [0.2, 0.25) is 0 Å². The van der Waals surface area contributed by atoms with Crippen LogP contribution < -0.4 is 0 Å². The van der Waals surface area contributed by atoms with E-state index in [2.05, 4.69) is 90.6 Å². The molecule has 1 rings (SSSR count). The number of benzene rings is 1. The van der Waals surface area contributed by atoms with Crippen molar-refractivity contribution in [1.82, 2.24) is 4.90 Å². The van der Waals surface area contributed by atoms with Crippen molar-refractivity contribution < 1.29 is 19.1 Å². The van der Waals surface area contributed by atoms with Crippen molar-refractivity contribution in [2.75, 3.05) is 19.7 Å². The minimum absolute atomic E-state index is 0.0115. The highest BCUT2D eigenvalue weighted by molar-refractivity contribution is 5.76. The van der Waals surface area contributed by atoms with E-state index < -0.39 is 10.8 Å². The smallest absolute Gasteiger partial charge is 0.311 e. The van der Waals surface area contributed by atoms with Crippen molar-refractivity contribution in [2.24, 2.45) is 16.7 Å². The van der Waals surface area contributed by atoms with E-state index in [1.165, 1.54) is 140 Å². The van der Waals surface area contributed by atoms with E-state index in [-0.39, 0.29) is 18.0 Å². The van der Waals surface area contributed by atoms with Gasteiger partial charge in [0.1, 0.15) is 6.10 Å². The third-order valence-electron chi connectivity index (χ3n) is 13.1. The average molecular weight is 840 g/mol. The number of unbranched alkanes of at least 4 members (excludes halogenated alkanes) is 17. The Balaban J connectivity index is 2.44. The van der Waals surface area contributed by atoms with Crippen LogP contribution >= 0.6 is 0 Å². The summed E-state index contributed by atoms with van der Waals surface area (Å²) in [5, 5.41) is 0. The van der Waals surface area contributed by atoms with E-state index in [1.54, 1.807) is 0 Å². The molecule has 0 aromatic heterocycles. The van der Waals surface area contributed by atoms with Gasteiger partial charge in [-0.1, -0.05) is 193 Å². The standard InChI is InChI=1S/C55H101NO4/c1-9-13-17-18-19-30-42-51(41-27-16-12-4)60-53(58)55(7,8)44-32-21-23-34-46-56(48-50-38-28-24-29-39-50)45-33-22-20-31-43-54(5,6)52(57)59-47-35-40-49(36-25-14-10-2)37-26-15-11-3/h24,28-29,38-39,49,51H,9-23,25-27,30-37,40-48H2,1-8H3. The van der Waals surface area contributed by atoms with Crippen LogP contribution in [0.5, 0.6) is 0 Å². The summed E-state index contributed by atoms with van der Waals surface area (Å²) >= 11 is 0. The maximum Gasteiger partial charge on any atom is 0.311 e. The molecule has 0 N–H and O–H groups in total. The van der Waals surface area contributed by atoms with Crippen LogP contribution in [0.1, 0.15) is 260 Å². The molecule has 0 aliphatic rings. The first kappa shape index (κ1) is 56.1. The van der Waals surface area contributed by atoms with E-state index in [9.17, 15) is 9.59 Å². The fourth-order valence-corrected chi connectivity index (χ4v) is 8.71. The fourth-order valence-electron chi connectivity index (χ4n) is 8.71. The number of hydrogen-bond donors (Lipinski definition) is 0. The van der Waals surface area contributed by atoms with Crippen molar-refractivity contribution in [2.45, 2.75) is 267 Å². The molecule has 0 aliphatic carbocycles. The second-order valence-corrected chi connectivity index (χ2v) is 20.1. The SMILES string of the molecule is CCCCCCCCC(CCCCC)OC(=O)C(C)(C)CCCCCCN(CCCCCCC(C)(C)C(=O)OCCCC(CCCCC)CCCCC)Cc1ccccc1. The molecule has 5 nitrogen and oxygen atoms in total. The predicted molar refractivity (Wildman–Crippen MR) is 259 cm³/mol. The Bertz CT molecular complexity index is 1120. The minimum Gasteiger partial charge on any atom is -0.465 e. The molecule has 0 heterocycles. The van der Waals surface area contributed by atoms with E-state index in [0.717, 1.165) is 89.8 Å². The zero-order valence-electron chi connectivity index (χ0n) is 41.4. The largest absolute Gasteiger partial charge is 0.465 e. The lowest BCUT2D eigenvalue weighted by atomic mass is 9.86. The van der Waals surface area contributed by atoms with Crippen LogP contribution in [0.15, 0.2) is 30.3 Å². The molecule has 0 amide bonds. The Morgan fingerprint density at radius 1 is 0.500 bits per heavy atom. The second kappa shape index (κ2) is 36.6. The van der Waals surface area contributed by atoms with Gasteiger partial charge in [-0.05, 0) is 116 Å². The van der Waals surface area contributed by atoms with Crippen LogP contribution in [0.3, 0.4) is 0 Å². The first-order chi connectivity index (χ1) is 29.0. The van der Waals surface area contributed by atoms with E-state index in [4.69, 9.17) is 9.47 Å². The summed E-state index contributed by atoms with van der Waals surface area (Å²) in [6.07, 6.45) is 37.1. The number of carbonyl (C=O) groups is 2. The Kier molecular flexibility index (Phi) is 34.2. The Morgan fingerprint density at radius 3 is 1.47 bits per heavy atom. The fraction of sp³-hybridized carbons (Fsp3) is 0.855. The van der Waals surface area contributed by atoms with Gasteiger partial charge in [0.15, 0.2) is 0 Å². The molecular weight excluding hydrogens is 739 g/mol. The van der Waals surface area contributed by atoms with Crippen LogP contribution in [0.4, 0.5) is 0 Å². The quantitative estimate of drug-likeness (QED) is 0.0485. The molecule has 1 unspecified atom stereocenters. The number of nitrogens with zero attached hydrogens (tertiary/aromatic N) is 1. The highest BCUT2D eigenvalue weighted by atomic mass is 16.5. The molecule has 5 heteroatoms. The van der Waals surface area contributed by atoms with Gasteiger partial charge >= 0.3 is 11.9 Å². The highest BCUT2D eigenvalue weighted by Gasteiger charge is 2.31. The van der Waals surface area contributed by atoms with Crippen LogP contribution in [0, 0.1) is 16.7 Å². The highest BCUT2D eigenvalue weighted by Crippen LogP contribution is 2.29. The third kappa shape index (κ3) is 29.4. The van der Waals surface area contributed by atoms with Crippen molar-refractivity contribution in [3.8, 4) is 0 Å².